The zero-order valence-corrected chi connectivity index (χ0v) is 12.1. The molecule has 1 aromatic carbocycles. The van der Waals surface area contributed by atoms with E-state index in [1.807, 2.05) is 36.4 Å². The predicted molar refractivity (Wildman–Crippen MR) is 79.3 cm³/mol. The maximum atomic E-state index is 12.0. The summed E-state index contributed by atoms with van der Waals surface area (Å²) in [6.07, 6.45) is 1.69. The number of aromatic nitrogens is 1. The maximum absolute atomic E-state index is 12.0. The Kier molecular flexibility index (Phi) is 3.52. The highest BCUT2D eigenvalue weighted by Crippen LogP contribution is 2.23. The van der Waals surface area contributed by atoms with Crippen LogP contribution in [0, 0.1) is 0 Å². The Labute approximate surface area is 123 Å². The molecule has 0 unspecified atom stereocenters. The normalized spacial score (nSPS) is 10.7. The van der Waals surface area contributed by atoms with Crippen LogP contribution < -0.4 is 5.32 Å². The highest BCUT2D eigenvalue weighted by atomic mass is 79.9. The van der Waals surface area contributed by atoms with E-state index in [9.17, 15) is 4.79 Å². The van der Waals surface area contributed by atoms with Crippen molar-refractivity contribution in [3.05, 3.63) is 64.6 Å². The van der Waals surface area contributed by atoms with Crippen LogP contribution in [-0.4, -0.2) is 10.9 Å². The van der Waals surface area contributed by atoms with Gasteiger partial charge in [-0.05, 0) is 36.4 Å². The molecular formula is C15H11BrN2O2. The SMILES string of the molecule is O=C(NCc1ccccn1)c1cc2cc(Br)ccc2o1. The highest BCUT2D eigenvalue weighted by Gasteiger charge is 2.12. The number of nitrogens with zero attached hydrogens (tertiary/aromatic N) is 1. The number of carbonyl (C=O) groups is 1. The molecule has 100 valence electrons. The molecule has 0 bridgehead atoms. The molecule has 0 saturated carbocycles. The van der Waals surface area contributed by atoms with Gasteiger partial charge in [0.25, 0.3) is 5.91 Å². The molecular weight excluding hydrogens is 320 g/mol. The van der Waals surface area contributed by atoms with Crippen molar-refractivity contribution in [1.82, 2.24) is 10.3 Å². The number of furan rings is 1. The van der Waals surface area contributed by atoms with Crippen LogP contribution in [0.15, 0.2) is 57.6 Å². The monoisotopic (exact) mass is 330 g/mol. The Bertz CT molecular complexity index is 753. The molecule has 0 aliphatic rings. The Balaban J connectivity index is 1.75. The first-order valence-electron chi connectivity index (χ1n) is 6.09. The molecule has 0 spiro atoms. The van der Waals surface area contributed by atoms with Gasteiger partial charge < -0.3 is 9.73 Å². The third kappa shape index (κ3) is 2.72. The van der Waals surface area contributed by atoms with Crippen LogP contribution in [0.3, 0.4) is 0 Å². The first-order chi connectivity index (χ1) is 9.72. The second-order valence-corrected chi connectivity index (χ2v) is 5.21. The average molecular weight is 331 g/mol. The van der Waals surface area contributed by atoms with Gasteiger partial charge in [0.2, 0.25) is 0 Å². The van der Waals surface area contributed by atoms with E-state index in [1.54, 1.807) is 12.3 Å². The molecule has 5 heteroatoms. The first-order valence-corrected chi connectivity index (χ1v) is 6.89. The fourth-order valence-corrected chi connectivity index (χ4v) is 2.27. The number of rotatable bonds is 3. The molecule has 2 aromatic heterocycles. The standard InChI is InChI=1S/C15H11BrN2O2/c16-11-4-5-13-10(7-11)8-14(20-13)15(19)18-9-12-3-1-2-6-17-12/h1-8H,9H2,(H,18,19). The lowest BCUT2D eigenvalue weighted by atomic mass is 10.2. The number of carbonyl (C=O) groups excluding carboxylic acids is 1. The van der Waals surface area contributed by atoms with Gasteiger partial charge >= 0.3 is 0 Å². The molecule has 0 saturated heterocycles. The minimum atomic E-state index is -0.247. The van der Waals surface area contributed by atoms with Crippen molar-refractivity contribution in [3.63, 3.8) is 0 Å². The van der Waals surface area contributed by atoms with Crippen molar-refractivity contribution >= 4 is 32.8 Å². The third-order valence-corrected chi connectivity index (χ3v) is 3.35. The van der Waals surface area contributed by atoms with E-state index in [2.05, 4.69) is 26.2 Å². The molecule has 1 N–H and O–H groups in total. The van der Waals surface area contributed by atoms with E-state index in [1.165, 1.54) is 0 Å². The second kappa shape index (κ2) is 5.46. The predicted octanol–water partition coefficient (Wildman–Crippen LogP) is 3.52. The summed E-state index contributed by atoms with van der Waals surface area (Å²) in [6.45, 7) is 0.375. The van der Waals surface area contributed by atoms with Gasteiger partial charge in [0.15, 0.2) is 5.76 Å². The van der Waals surface area contributed by atoms with Gasteiger partial charge in [0.05, 0.1) is 12.2 Å². The average Bonchev–Trinajstić information content (AvgIpc) is 2.89. The van der Waals surface area contributed by atoms with Crippen molar-refractivity contribution < 1.29 is 9.21 Å². The number of fused-ring (bicyclic) bond motifs is 1. The van der Waals surface area contributed by atoms with Crippen LogP contribution in [0.2, 0.25) is 0 Å². The number of benzene rings is 1. The molecule has 0 atom stereocenters. The Hall–Kier alpha value is -2.14. The van der Waals surface area contributed by atoms with Crippen LogP contribution >= 0.6 is 15.9 Å². The fourth-order valence-electron chi connectivity index (χ4n) is 1.89. The molecule has 3 rings (SSSR count). The fraction of sp³-hybridized carbons (Fsp3) is 0.0667. The van der Waals surface area contributed by atoms with Crippen LogP contribution in [-0.2, 0) is 6.54 Å². The summed E-state index contributed by atoms with van der Waals surface area (Å²) in [5, 5.41) is 3.67. The van der Waals surface area contributed by atoms with Crippen molar-refractivity contribution in [2.75, 3.05) is 0 Å². The molecule has 2 heterocycles. The van der Waals surface area contributed by atoms with E-state index < -0.39 is 0 Å². The van der Waals surface area contributed by atoms with Crippen LogP contribution in [0.4, 0.5) is 0 Å². The van der Waals surface area contributed by atoms with Gasteiger partial charge in [0.1, 0.15) is 5.58 Å². The number of hydrogen-bond donors (Lipinski definition) is 1. The Morgan fingerprint density at radius 1 is 1.25 bits per heavy atom. The number of halogens is 1. The Morgan fingerprint density at radius 2 is 2.15 bits per heavy atom. The molecule has 4 nitrogen and oxygen atoms in total. The molecule has 1 amide bonds. The van der Waals surface area contributed by atoms with E-state index >= 15 is 0 Å². The van der Waals surface area contributed by atoms with E-state index in [0.29, 0.717) is 17.9 Å². The summed E-state index contributed by atoms with van der Waals surface area (Å²) >= 11 is 3.39. The molecule has 0 aliphatic carbocycles. The minimum absolute atomic E-state index is 0.247. The van der Waals surface area contributed by atoms with Crippen molar-refractivity contribution in [3.8, 4) is 0 Å². The summed E-state index contributed by atoms with van der Waals surface area (Å²) in [5.74, 6) is 0.0528. The van der Waals surface area contributed by atoms with Gasteiger partial charge in [-0.15, -0.1) is 0 Å². The molecule has 0 fully saturated rings. The summed E-state index contributed by atoms with van der Waals surface area (Å²) in [6, 6.07) is 12.9. The quantitative estimate of drug-likeness (QED) is 0.799. The molecule has 3 aromatic rings. The lowest BCUT2D eigenvalue weighted by Gasteiger charge is -2.01. The summed E-state index contributed by atoms with van der Waals surface area (Å²) in [4.78, 5) is 16.2. The third-order valence-electron chi connectivity index (χ3n) is 2.86. The van der Waals surface area contributed by atoms with Gasteiger partial charge in [0, 0.05) is 16.1 Å². The summed E-state index contributed by atoms with van der Waals surface area (Å²) < 4.78 is 6.47. The van der Waals surface area contributed by atoms with Gasteiger partial charge in [-0.1, -0.05) is 22.0 Å². The summed E-state index contributed by atoms with van der Waals surface area (Å²) in [7, 11) is 0. The largest absolute Gasteiger partial charge is 0.451 e. The van der Waals surface area contributed by atoms with E-state index in [4.69, 9.17) is 4.42 Å². The maximum Gasteiger partial charge on any atom is 0.287 e. The highest BCUT2D eigenvalue weighted by molar-refractivity contribution is 9.10. The smallest absolute Gasteiger partial charge is 0.287 e. The van der Waals surface area contributed by atoms with Gasteiger partial charge in [-0.2, -0.15) is 0 Å². The Morgan fingerprint density at radius 3 is 2.95 bits per heavy atom. The van der Waals surface area contributed by atoms with E-state index in [-0.39, 0.29) is 5.91 Å². The number of pyridine rings is 1. The minimum Gasteiger partial charge on any atom is -0.451 e. The molecule has 0 radical (unpaired) electrons. The number of hydrogen-bond acceptors (Lipinski definition) is 3. The lowest BCUT2D eigenvalue weighted by Crippen LogP contribution is -2.22. The molecule has 0 aliphatic heterocycles. The second-order valence-electron chi connectivity index (χ2n) is 4.30. The summed E-state index contributed by atoms with van der Waals surface area (Å²) in [5.41, 5.74) is 1.50. The molecule has 20 heavy (non-hydrogen) atoms. The van der Waals surface area contributed by atoms with Crippen molar-refractivity contribution in [2.45, 2.75) is 6.54 Å². The van der Waals surface area contributed by atoms with Crippen LogP contribution in [0.1, 0.15) is 16.2 Å². The van der Waals surface area contributed by atoms with Crippen LogP contribution in [0.25, 0.3) is 11.0 Å². The van der Waals surface area contributed by atoms with Gasteiger partial charge in [-0.25, -0.2) is 0 Å². The van der Waals surface area contributed by atoms with Gasteiger partial charge in [-0.3, -0.25) is 9.78 Å². The zero-order valence-electron chi connectivity index (χ0n) is 10.5. The van der Waals surface area contributed by atoms with Crippen LogP contribution in [0.5, 0.6) is 0 Å². The number of amides is 1. The number of nitrogens with one attached hydrogen (secondary N) is 1. The van der Waals surface area contributed by atoms with Crippen molar-refractivity contribution in [1.29, 1.82) is 0 Å². The lowest BCUT2D eigenvalue weighted by molar-refractivity contribution is 0.0925. The zero-order chi connectivity index (χ0) is 13.9. The van der Waals surface area contributed by atoms with Crippen molar-refractivity contribution in [2.24, 2.45) is 0 Å². The first kappa shape index (κ1) is 12.9. The topological polar surface area (TPSA) is 55.1 Å². The van der Waals surface area contributed by atoms with E-state index in [0.717, 1.165) is 15.6 Å².